The van der Waals surface area contributed by atoms with Gasteiger partial charge in [-0.05, 0) is 29.5 Å². The van der Waals surface area contributed by atoms with Gasteiger partial charge in [0.1, 0.15) is 13.2 Å². The second-order valence-electron chi connectivity index (χ2n) is 5.70. The highest BCUT2D eigenvalue weighted by Gasteiger charge is 2.24. The first-order chi connectivity index (χ1) is 12.0. The second kappa shape index (κ2) is 6.81. The van der Waals surface area contributed by atoms with E-state index in [2.05, 4.69) is 11.0 Å². The molecule has 1 aliphatic heterocycles. The summed E-state index contributed by atoms with van der Waals surface area (Å²) in [6.07, 6.45) is 5.91. The molecule has 1 aromatic carbocycles. The number of aryl methyl sites for hydroxylation is 2. The van der Waals surface area contributed by atoms with Crippen LogP contribution in [0.25, 0.3) is 11.3 Å². The lowest BCUT2D eigenvalue weighted by Crippen LogP contribution is -2.22. The van der Waals surface area contributed by atoms with Crippen LogP contribution in [-0.2, 0) is 24.7 Å². The van der Waals surface area contributed by atoms with Crippen molar-refractivity contribution in [1.82, 2.24) is 9.78 Å². The van der Waals surface area contributed by atoms with Gasteiger partial charge in [0, 0.05) is 19.5 Å². The minimum absolute atomic E-state index is 0.0656. The Labute approximate surface area is 145 Å². The van der Waals surface area contributed by atoms with Crippen molar-refractivity contribution in [2.24, 2.45) is 7.05 Å². The number of rotatable bonds is 4. The zero-order chi connectivity index (χ0) is 18.0. The Hall–Kier alpha value is -3.07. The molecular weight excluding hydrogens is 320 g/mol. The number of ether oxygens (including phenoxy) is 2. The zero-order valence-electron chi connectivity index (χ0n) is 14.2. The van der Waals surface area contributed by atoms with Crippen molar-refractivity contribution in [3.8, 4) is 35.1 Å². The van der Waals surface area contributed by atoms with Gasteiger partial charge in [0.15, 0.2) is 11.5 Å². The molecule has 2 aromatic rings. The summed E-state index contributed by atoms with van der Waals surface area (Å²) < 4.78 is 12.7. The number of nitrogens with zero attached hydrogens (tertiary/aromatic N) is 2. The van der Waals surface area contributed by atoms with Crippen LogP contribution in [0.5, 0.6) is 11.5 Å². The molecule has 0 spiro atoms. The van der Waals surface area contributed by atoms with Gasteiger partial charge in [-0.2, -0.15) is 5.10 Å². The largest absolute Gasteiger partial charge is 0.486 e. The molecule has 128 valence electrons. The summed E-state index contributed by atoms with van der Waals surface area (Å²) in [4.78, 5) is 23.8. The van der Waals surface area contributed by atoms with Gasteiger partial charge in [-0.3, -0.25) is 9.59 Å². The molecule has 0 amide bonds. The van der Waals surface area contributed by atoms with E-state index in [9.17, 15) is 9.59 Å². The van der Waals surface area contributed by atoms with Gasteiger partial charge in [-0.15, -0.1) is 6.42 Å². The number of hydrogen-bond donors (Lipinski definition) is 0. The molecule has 6 nitrogen and oxygen atoms in total. The van der Waals surface area contributed by atoms with Gasteiger partial charge in [-0.1, -0.05) is 13.0 Å². The zero-order valence-corrected chi connectivity index (χ0v) is 14.2. The van der Waals surface area contributed by atoms with E-state index in [0.717, 1.165) is 5.56 Å². The van der Waals surface area contributed by atoms with E-state index in [4.69, 9.17) is 15.9 Å². The summed E-state index contributed by atoms with van der Waals surface area (Å²) in [5, 5.41) is 4.42. The summed E-state index contributed by atoms with van der Waals surface area (Å²) >= 11 is 0. The van der Waals surface area contributed by atoms with E-state index >= 15 is 0 Å². The van der Waals surface area contributed by atoms with Crippen molar-refractivity contribution in [2.75, 3.05) is 13.2 Å². The van der Waals surface area contributed by atoms with Crippen molar-refractivity contribution >= 4 is 5.78 Å². The first-order valence-corrected chi connectivity index (χ1v) is 8.03. The SMILES string of the molecule is C#CC(=O)Cc1ccc2c(c1-c1nn(C)c(=O)cc1CC)OCCO2. The molecule has 0 N–H and O–H groups in total. The Balaban J connectivity index is 2.30. The number of carbonyl (C=O) groups is 1. The van der Waals surface area contributed by atoms with Crippen LogP contribution in [0.2, 0.25) is 0 Å². The number of ketones is 1. The average Bonchev–Trinajstić information content (AvgIpc) is 2.63. The third kappa shape index (κ3) is 3.13. The molecule has 25 heavy (non-hydrogen) atoms. The quantitative estimate of drug-likeness (QED) is 0.624. The number of terminal acetylenes is 1. The maximum absolute atomic E-state index is 11.9. The van der Waals surface area contributed by atoms with Crippen LogP contribution in [0.4, 0.5) is 0 Å². The van der Waals surface area contributed by atoms with Gasteiger partial charge in [-0.25, -0.2) is 4.68 Å². The predicted molar refractivity (Wildman–Crippen MR) is 92.8 cm³/mol. The number of Topliss-reactive ketones (excluding diaryl/α,β-unsaturated/α-hetero) is 1. The fraction of sp³-hybridized carbons (Fsp3) is 0.316. The summed E-state index contributed by atoms with van der Waals surface area (Å²) in [5.41, 5.74) is 2.55. The van der Waals surface area contributed by atoms with Crippen LogP contribution >= 0.6 is 0 Å². The van der Waals surface area contributed by atoms with Crippen LogP contribution in [0.1, 0.15) is 18.1 Å². The van der Waals surface area contributed by atoms with Gasteiger partial charge in [0.05, 0.1) is 11.3 Å². The Morgan fingerprint density at radius 1 is 1.32 bits per heavy atom. The minimum atomic E-state index is -0.333. The van der Waals surface area contributed by atoms with Crippen molar-refractivity contribution in [2.45, 2.75) is 19.8 Å². The van der Waals surface area contributed by atoms with Gasteiger partial charge >= 0.3 is 0 Å². The second-order valence-corrected chi connectivity index (χ2v) is 5.70. The summed E-state index contributed by atoms with van der Waals surface area (Å²) in [6.45, 7) is 2.80. The number of aromatic nitrogens is 2. The monoisotopic (exact) mass is 338 g/mol. The molecule has 0 aliphatic carbocycles. The van der Waals surface area contributed by atoms with E-state index < -0.39 is 0 Å². The highest BCUT2D eigenvalue weighted by molar-refractivity contribution is 5.97. The van der Waals surface area contributed by atoms with E-state index in [1.165, 1.54) is 4.68 Å². The molecule has 6 heteroatoms. The Morgan fingerprint density at radius 3 is 2.80 bits per heavy atom. The molecule has 0 fully saturated rings. The molecule has 0 radical (unpaired) electrons. The third-order valence-corrected chi connectivity index (χ3v) is 4.10. The maximum Gasteiger partial charge on any atom is 0.266 e. The first kappa shape index (κ1) is 16.8. The van der Waals surface area contributed by atoms with Crippen LogP contribution in [-0.4, -0.2) is 28.8 Å². The minimum Gasteiger partial charge on any atom is -0.486 e. The molecule has 3 rings (SSSR count). The van der Waals surface area contributed by atoms with Crippen molar-refractivity contribution in [3.05, 3.63) is 39.7 Å². The Morgan fingerprint density at radius 2 is 2.08 bits per heavy atom. The molecule has 0 atom stereocenters. The molecule has 1 aromatic heterocycles. The molecule has 0 bridgehead atoms. The summed E-state index contributed by atoms with van der Waals surface area (Å²) in [5.74, 6) is 2.93. The molecule has 2 heterocycles. The summed E-state index contributed by atoms with van der Waals surface area (Å²) in [6, 6.07) is 5.12. The standard InChI is InChI=1S/C19H18N2O4/c1-4-12-11-16(23)21(3)20-18(12)17-13(10-14(22)5-2)6-7-15-19(17)25-9-8-24-15/h2,6-7,11H,4,8-10H2,1,3H3. The predicted octanol–water partition coefficient (Wildman–Crippen LogP) is 1.53. The lowest BCUT2D eigenvalue weighted by Gasteiger charge is -2.23. The molecule has 1 aliphatic rings. The van der Waals surface area contributed by atoms with Crippen LogP contribution in [0, 0.1) is 12.3 Å². The number of carbonyl (C=O) groups excluding carboxylic acids is 1. The Bertz CT molecular complexity index is 938. The highest BCUT2D eigenvalue weighted by atomic mass is 16.6. The van der Waals surface area contributed by atoms with Crippen molar-refractivity contribution in [1.29, 1.82) is 0 Å². The molecule has 0 unspecified atom stereocenters. The number of fused-ring (bicyclic) bond motifs is 1. The van der Waals surface area contributed by atoms with E-state index in [-0.39, 0.29) is 17.8 Å². The molecular formula is C19H18N2O4. The van der Waals surface area contributed by atoms with Gasteiger partial charge in [0.25, 0.3) is 5.56 Å². The van der Waals surface area contributed by atoms with Gasteiger partial charge in [0.2, 0.25) is 5.78 Å². The third-order valence-electron chi connectivity index (χ3n) is 4.10. The highest BCUT2D eigenvalue weighted by Crippen LogP contribution is 2.42. The van der Waals surface area contributed by atoms with E-state index in [1.807, 2.05) is 6.92 Å². The fourth-order valence-electron chi connectivity index (χ4n) is 2.84. The lowest BCUT2D eigenvalue weighted by molar-refractivity contribution is -0.113. The molecule has 0 saturated carbocycles. The van der Waals surface area contributed by atoms with Crippen LogP contribution in [0.3, 0.4) is 0 Å². The van der Waals surface area contributed by atoms with Crippen molar-refractivity contribution < 1.29 is 14.3 Å². The van der Waals surface area contributed by atoms with Crippen LogP contribution < -0.4 is 15.0 Å². The average molecular weight is 338 g/mol. The normalized spacial score (nSPS) is 12.5. The first-order valence-electron chi connectivity index (χ1n) is 8.03. The van der Waals surface area contributed by atoms with Crippen LogP contribution in [0.15, 0.2) is 23.0 Å². The number of hydrogen-bond acceptors (Lipinski definition) is 5. The maximum atomic E-state index is 11.9. The summed E-state index contributed by atoms with van der Waals surface area (Å²) in [7, 11) is 1.59. The Kier molecular flexibility index (Phi) is 4.57. The smallest absolute Gasteiger partial charge is 0.266 e. The molecule has 0 saturated heterocycles. The number of benzene rings is 1. The lowest BCUT2D eigenvalue weighted by atomic mass is 9.95. The topological polar surface area (TPSA) is 70.4 Å². The van der Waals surface area contributed by atoms with E-state index in [1.54, 1.807) is 25.2 Å². The van der Waals surface area contributed by atoms with E-state index in [0.29, 0.717) is 48.0 Å². The fourth-order valence-corrected chi connectivity index (χ4v) is 2.84. The van der Waals surface area contributed by atoms with Crippen molar-refractivity contribution in [3.63, 3.8) is 0 Å². The van der Waals surface area contributed by atoms with Gasteiger partial charge < -0.3 is 9.47 Å².